The zero-order chi connectivity index (χ0) is 36.0. The Balaban J connectivity index is 1.58. The predicted octanol–water partition coefficient (Wildman–Crippen LogP) is 11.4. The fourth-order valence-electron chi connectivity index (χ4n) is 5.66. The molecule has 1 N–H and O–H groups in total. The van der Waals surface area contributed by atoms with E-state index in [9.17, 15) is 31.1 Å². The number of hydrogen-bond donors (Lipinski definition) is 1. The molecule has 50 heavy (non-hydrogen) atoms. The van der Waals surface area contributed by atoms with Gasteiger partial charge in [-0.3, -0.25) is 4.79 Å². The normalized spacial score (nSPS) is 11.6. The van der Waals surface area contributed by atoms with Crippen LogP contribution in [0.15, 0.2) is 91.0 Å². The number of rotatable bonds is 17. The summed E-state index contributed by atoms with van der Waals surface area (Å²) in [6.07, 6.45) is -1.22. The minimum absolute atomic E-state index is 0.0458. The molecular formula is C40H40F6N2O2. The van der Waals surface area contributed by atoms with Gasteiger partial charge in [0, 0.05) is 29.7 Å². The molecule has 0 aliphatic heterocycles. The molecule has 0 atom stereocenters. The second-order valence-corrected chi connectivity index (χ2v) is 12.1. The molecule has 0 bridgehead atoms. The smallest absolute Gasteiger partial charge is 0.416 e. The molecule has 0 unspecified atom stereocenters. The minimum atomic E-state index is -4.66. The lowest BCUT2D eigenvalue weighted by molar-refractivity contribution is -0.138. The van der Waals surface area contributed by atoms with Crippen molar-refractivity contribution in [2.45, 2.75) is 76.6 Å². The highest BCUT2D eigenvalue weighted by atomic mass is 19.4. The first-order chi connectivity index (χ1) is 24.0. The summed E-state index contributed by atoms with van der Waals surface area (Å²) in [5, 5.41) is 11.8. The Hall–Kier alpha value is -4.78. The first-order valence-electron chi connectivity index (χ1n) is 16.8. The van der Waals surface area contributed by atoms with Crippen LogP contribution in [0.3, 0.4) is 0 Å². The van der Waals surface area contributed by atoms with Crippen molar-refractivity contribution in [3.05, 3.63) is 113 Å². The molecule has 0 aliphatic carbocycles. The van der Waals surface area contributed by atoms with Crippen LogP contribution in [0.25, 0.3) is 22.3 Å². The highest BCUT2D eigenvalue weighted by Gasteiger charge is 2.32. The van der Waals surface area contributed by atoms with E-state index in [2.05, 4.69) is 17.4 Å². The molecule has 4 rings (SSSR count). The van der Waals surface area contributed by atoms with Gasteiger partial charge < -0.3 is 10.1 Å². The quantitative estimate of drug-likeness (QED) is 0.0884. The van der Waals surface area contributed by atoms with Crippen LogP contribution in [0.4, 0.5) is 26.3 Å². The topological polar surface area (TPSA) is 62.1 Å². The number of unbranched alkanes of at least 4 members (excludes halogenated alkanes) is 7. The van der Waals surface area contributed by atoms with Gasteiger partial charge in [-0.15, -0.1) is 0 Å². The van der Waals surface area contributed by atoms with E-state index in [1.165, 1.54) is 42.0 Å². The van der Waals surface area contributed by atoms with E-state index >= 15 is 0 Å². The Morgan fingerprint density at radius 1 is 0.660 bits per heavy atom. The van der Waals surface area contributed by atoms with Crippen LogP contribution < -0.4 is 10.1 Å². The van der Waals surface area contributed by atoms with Gasteiger partial charge in [-0.05, 0) is 85.2 Å². The van der Waals surface area contributed by atoms with Crippen molar-refractivity contribution < 1.29 is 35.9 Å². The Morgan fingerprint density at radius 2 is 1.22 bits per heavy atom. The lowest BCUT2D eigenvalue weighted by atomic mass is 9.92. The van der Waals surface area contributed by atoms with Crippen molar-refractivity contribution in [1.29, 1.82) is 5.26 Å². The zero-order valence-corrected chi connectivity index (χ0v) is 27.7. The second kappa shape index (κ2) is 18.3. The van der Waals surface area contributed by atoms with Crippen molar-refractivity contribution in [2.75, 3.05) is 13.2 Å². The van der Waals surface area contributed by atoms with E-state index in [0.29, 0.717) is 19.4 Å². The number of carbonyl (C=O) groups is 1. The Morgan fingerprint density at radius 3 is 1.78 bits per heavy atom. The summed E-state index contributed by atoms with van der Waals surface area (Å²) in [6.45, 7) is 0.412. The first kappa shape index (κ1) is 38.0. The predicted molar refractivity (Wildman–Crippen MR) is 182 cm³/mol. The van der Waals surface area contributed by atoms with Gasteiger partial charge in [0.05, 0.1) is 23.8 Å². The fourth-order valence-corrected chi connectivity index (χ4v) is 5.66. The average molecular weight is 695 g/mol. The number of amides is 1. The monoisotopic (exact) mass is 694 g/mol. The summed E-state index contributed by atoms with van der Waals surface area (Å²) >= 11 is 0. The molecule has 0 spiro atoms. The Kier molecular flexibility index (Phi) is 13.9. The molecule has 0 heterocycles. The summed E-state index contributed by atoms with van der Waals surface area (Å²) in [4.78, 5) is 13.5. The van der Waals surface area contributed by atoms with Crippen molar-refractivity contribution >= 4 is 5.91 Å². The minimum Gasteiger partial charge on any atom is -0.492 e. The van der Waals surface area contributed by atoms with E-state index in [-0.39, 0.29) is 46.6 Å². The third-order valence-electron chi connectivity index (χ3n) is 8.30. The molecule has 4 aromatic carbocycles. The van der Waals surface area contributed by atoms with Crippen molar-refractivity contribution in [2.24, 2.45) is 0 Å². The zero-order valence-electron chi connectivity index (χ0n) is 27.7. The second-order valence-electron chi connectivity index (χ2n) is 12.1. The van der Waals surface area contributed by atoms with Crippen molar-refractivity contribution in [3.8, 4) is 34.1 Å². The van der Waals surface area contributed by atoms with Gasteiger partial charge in [0.1, 0.15) is 5.75 Å². The van der Waals surface area contributed by atoms with Gasteiger partial charge >= 0.3 is 12.4 Å². The van der Waals surface area contributed by atoms with Gasteiger partial charge in [-0.1, -0.05) is 80.3 Å². The molecule has 264 valence electrons. The molecule has 0 saturated heterocycles. The molecule has 0 saturated carbocycles. The highest BCUT2D eigenvalue weighted by molar-refractivity contribution is 5.99. The Labute approximate surface area is 289 Å². The summed E-state index contributed by atoms with van der Waals surface area (Å²) < 4.78 is 88.6. The number of hydrogen-bond acceptors (Lipinski definition) is 3. The number of halogens is 6. The lowest BCUT2D eigenvalue weighted by Crippen LogP contribution is -2.24. The van der Waals surface area contributed by atoms with E-state index in [1.807, 2.05) is 24.3 Å². The molecular weight excluding hydrogens is 654 g/mol. The van der Waals surface area contributed by atoms with Crippen molar-refractivity contribution in [3.63, 3.8) is 0 Å². The van der Waals surface area contributed by atoms with Crippen LogP contribution in [-0.2, 0) is 18.8 Å². The van der Waals surface area contributed by atoms with Crippen LogP contribution in [0.2, 0.25) is 0 Å². The maximum Gasteiger partial charge on any atom is 0.416 e. The van der Waals surface area contributed by atoms with Crippen LogP contribution in [0.1, 0.15) is 84.8 Å². The van der Waals surface area contributed by atoms with E-state index in [4.69, 9.17) is 10.00 Å². The summed E-state index contributed by atoms with van der Waals surface area (Å²) in [7, 11) is 0. The largest absolute Gasteiger partial charge is 0.492 e. The summed E-state index contributed by atoms with van der Waals surface area (Å²) in [6, 6.07) is 24.2. The van der Waals surface area contributed by atoms with Crippen LogP contribution in [0.5, 0.6) is 5.75 Å². The van der Waals surface area contributed by atoms with E-state index in [0.717, 1.165) is 69.2 Å². The standard InChI is InChI=1S/C40H40F6N2O2/c41-39(42,43)33-20-13-18-30(25-33)35-27-32(38(49)48-23-11-4-2-1-3-7-15-29-16-8-5-9-17-29)28-36(37(35)50-24-12-6-10-22-47)31-19-14-21-34(26-31)40(44,45)46/h5,8-9,13-14,16-21,25-28H,1-4,6-7,10-12,15,23-24H2,(H,48,49). The molecule has 0 aliphatic rings. The third-order valence-corrected chi connectivity index (χ3v) is 8.30. The summed E-state index contributed by atoms with van der Waals surface area (Å²) in [5.74, 6) is -0.459. The first-order valence-corrected chi connectivity index (χ1v) is 16.8. The van der Waals surface area contributed by atoms with Gasteiger partial charge in [-0.2, -0.15) is 31.6 Å². The van der Waals surface area contributed by atoms with Crippen LogP contribution in [-0.4, -0.2) is 19.1 Å². The van der Waals surface area contributed by atoms with Crippen LogP contribution in [0, 0.1) is 11.3 Å². The molecule has 1 amide bonds. The number of benzene rings is 4. The SMILES string of the molecule is N#CCCCCOc1c(-c2cccc(C(F)(F)F)c2)cc(C(=O)NCCCCCCCCc2ccccc2)cc1-c1cccc(C(F)(F)F)c1. The maximum atomic E-state index is 13.7. The number of aryl methyl sites for hydroxylation is 1. The third kappa shape index (κ3) is 11.4. The average Bonchev–Trinajstić information content (AvgIpc) is 3.10. The number of alkyl halides is 6. The molecule has 4 nitrogen and oxygen atoms in total. The van der Waals surface area contributed by atoms with Crippen LogP contribution >= 0.6 is 0 Å². The number of carbonyl (C=O) groups excluding carboxylic acids is 1. The van der Waals surface area contributed by atoms with Gasteiger partial charge in [0.2, 0.25) is 0 Å². The maximum absolute atomic E-state index is 13.7. The van der Waals surface area contributed by atoms with Gasteiger partial charge in [0.15, 0.2) is 0 Å². The molecule has 10 heteroatoms. The van der Waals surface area contributed by atoms with Gasteiger partial charge in [-0.25, -0.2) is 0 Å². The molecule has 0 radical (unpaired) electrons. The lowest BCUT2D eigenvalue weighted by Gasteiger charge is -2.20. The Bertz CT molecular complexity index is 1650. The molecule has 4 aromatic rings. The molecule has 0 aromatic heterocycles. The number of nitrogens with one attached hydrogen (secondary N) is 1. The number of nitriles is 1. The van der Waals surface area contributed by atoms with Gasteiger partial charge in [0.25, 0.3) is 5.91 Å². The van der Waals surface area contributed by atoms with E-state index in [1.54, 1.807) is 0 Å². The van der Waals surface area contributed by atoms with Crippen molar-refractivity contribution in [1.82, 2.24) is 5.32 Å². The molecule has 0 fully saturated rings. The fraction of sp³-hybridized carbons (Fsp3) is 0.350. The van der Waals surface area contributed by atoms with E-state index < -0.39 is 29.4 Å². The summed E-state index contributed by atoms with van der Waals surface area (Å²) in [5.41, 5.74) is -0.0284. The number of nitrogens with zero attached hydrogens (tertiary/aromatic N) is 1. The highest BCUT2D eigenvalue weighted by Crippen LogP contribution is 2.43. The number of ether oxygens (including phenoxy) is 1.